The number of likely N-dealkylation sites (N-methyl/N-ethyl adjacent to an activating group) is 1. The zero-order valence-electron chi connectivity index (χ0n) is 32.0. The number of esters is 1. The fraction of sp³-hybridized carbons (Fsp3) is 0.450. The second-order valence-corrected chi connectivity index (χ2v) is 16.1. The number of nitriles is 1. The van der Waals surface area contributed by atoms with E-state index in [1.165, 1.54) is 67.6 Å². The summed E-state index contributed by atoms with van der Waals surface area (Å²) < 4.78 is 59.1. The lowest BCUT2D eigenvalue weighted by atomic mass is 9.62. The van der Waals surface area contributed by atoms with Crippen LogP contribution in [0.1, 0.15) is 68.4 Å². The Labute approximate surface area is 334 Å². The first-order chi connectivity index (χ1) is 26.3. The molecule has 0 bridgehead atoms. The Kier molecular flexibility index (Phi) is 12.9. The molecule has 0 radical (unpaired) electrons. The van der Waals surface area contributed by atoms with Crippen molar-refractivity contribution in [1.82, 2.24) is 10.2 Å². The highest BCUT2D eigenvalue weighted by molar-refractivity contribution is 6.31. The van der Waals surface area contributed by atoms with Gasteiger partial charge in [0.05, 0.1) is 42.1 Å². The molecule has 12 nitrogen and oxygen atoms in total. The van der Waals surface area contributed by atoms with Gasteiger partial charge in [-0.1, -0.05) is 62.2 Å². The van der Waals surface area contributed by atoms with Crippen LogP contribution in [-0.2, 0) is 29.2 Å². The van der Waals surface area contributed by atoms with Gasteiger partial charge in [-0.3, -0.25) is 9.69 Å². The molecule has 2 heterocycles. The average molecular weight is 818 g/mol. The highest BCUT2D eigenvalue weighted by Crippen LogP contribution is 2.53. The lowest BCUT2D eigenvalue weighted by molar-refractivity contribution is -0.154. The van der Waals surface area contributed by atoms with Gasteiger partial charge < -0.3 is 34.3 Å². The van der Waals surface area contributed by atoms with Gasteiger partial charge in [-0.05, 0) is 67.6 Å². The van der Waals surface area contributed by atoms with Gasteiger partial charge in [-0.2, -0.15) is 5.26 Å². The molecule has 0 aliphatic carbocycles. The second-order valence-electron chi connectivity index (χ2n) is 15.2. The minimum atomic E-state index is -1.83. The molecule has 2 amide bonds. The van der Waals surface area contributed by atoms with Gasteiger partial charge >= 0.3 is 12.1 Å². The van der Waals surface area contributed by atoms with Crippen LogP contribution in [0.5, 0.6) is 5.75 Å². The third-order valence-corrected chi connectivity index (χ3v) is 10.2. The van der Waals surface area contributed by atoms with Crippen molar-refractivity contribution in [2.75, 3.05) is 39.3 Å². The van der Waals surface area contributed by atoms with Gasteiger partial charge in [-0.15, -0.1) is 0 Å². The fourth-order valence-electron chi connectivity index (χ4n) is 7.11. The molecule has 0 spiro atoms. The second kappa shape index (κ2) is 16.9. The summed E-state index contributed by atoms with van der Waals surface area (Å²) in [6, 6.07) is 12.5. The minimum Gasteiger partial charge on any atom is -0.495 e. The van der Waals surface area contributed by atoms with E-state index in [9.17, 15) is 19.6 Å². The Balaban J connectivity index is 1.38. The molecule has 2 N–H and O–H groups in total. The van der Waals surface area contributed by atoms with Crippen LogP contribution in [0.15, 0.2) is 54.6 Å². The normalized spacial score (nSPS) is 22.9. The van der Waals surface area contributed by atoms with Gasteiger partial charge in [0.15, 0.2) is 12.0 Å². The largest absolute Gasteiger partial charge is 0.495 e. The number of carbonyl (C=O) groups excluding carboxylic acids is 3. The number of hydrogen-bond acceptors (Lipinski definition) is 10. The summed E-state index contributed by atoms with van der Waals surface area (Å²) >= 11 is 12.4. The monoisotopic (exact) mass is 816 g/mol. The molecule has 1 unspecified atom stereocenters. The van der Waals surface area contributed by atoms with E-state index in [-0.39, 0.29) is 64.4 Å². The summed E-state index contributed by atoms with van der Waals surface area (Å²) in [6.45, 7) is 8.93. The van der Waals surface area contributed by atoms with Crippen molar-refractivity contribution in [1.29, 1.82) is 5.26 Å². The maximum atomic E-state index is 16.0. The van der Waals surface area contributed by atoms with E-state index in [4.69, 9.17) is 46.9 Å². The Morgan fingerprint density at radius 3 is 2.41 bits per heavy atom. The first-order valence-electron chi connectivity index (χ1n) is 17.8. The number of nitrogens with zero attached hydrogens (tertiary/aromatic N) is 2. The van der Waals surface area contributed by atoms with Crippen molar-refractivity contribution in [3.8, 4) is 11.8 Å². The molecule has 2 saturated heterocycles. The number of hydrogen-bond donors (Lipinski definition) is 2. The van der Waals surface area contributed by atoms with Gasteiger partial charge in [0, 0.05) is 29.6 Å². The molecule has 2 aliphatic heterocycles. The Bertz CT molecular complexity index is 2020. The van der Waals surface area contributed by atoms with E-state index in [2.05, 4.69) is 16.7 Å². The summed E-state index contributed by atoms with van der Waals surface area (Å²) in [7, 11) is 2.83. The number of nitrogens with one attached hydrogen (secondary N) is 2. The molecule has 2 fully saturated rings. The predicted molar refractivity (Wildman–Crippen MR) is 204 cm³/mol. The minimum absolute atomic E-state index is 0.0606. The first kappa shape index (κ1) is 42.6. The number of amides is 2. The van der Waals surface area contributed by atoms with E-state index >= 15 is 8.78 Å². The van der Waals surface area contributed by atoms with E-state index in [0.29, 0.717) is 0 Å². The quantitative estimate of drug-likeness (QED) is 0.147. The zero-order chi connectivity index (χ0) is 41.2. The molecular weight excluding hydrogens is 773 g/mol. The summed E-state index contributed by atoms with van der Waals surface area (Å²) in [6.07, 6.45) is -1.05. The molecule has 3 aromatic rings. The maximum Gasteiger partial charge on any atom is 0.411 e. The smallest absolute Gasteiger partial charge is 0.411 e. The fourth-order valence-corrected chi connectivity index (χ4v) is 7.45. The van der Waals surface area contributed by atoms with Crippen LogP contribution in [0.25, 0.3) is 0 Å². The molecule has 0 saturated carbocycles. The lowest BCUT2D eigenvalue weighted by Crippen LogP contribution is -2.45. The Morgan fingerprint density at radius 2 is 1.79 bits per heavy atom. The van der Waals surface area contributed by atoms with E-state index in [0.717, 1.165) is 6.07 Å². The van der Waals surface area contributed by atoms with Crippen molar-refractivity contribution in [2.24, 2.45) is 5.41 Å². The average Bonchev–Trinajstić information content (AvgIpc) is 3.66. The molecule has 5 atom stereocenters. The molecule has 56 heavy (non-hydrogen) atoms. The molecule has 3 aromatic carbocycles. The summed E-state index contributed by atoms with van der Waals surface area (Å²) in [5, 5.41) is 17.0. The number of halogens is 4. The number of anilines is 1. The van der Waals surface area contributed by atoms with Crippen LogP contribution in [0.3, 0.4) is 0 Å². The number of ether oxygens (including phenoxy) is 5. The predicted octanol–water partition coefficient (Wildman–Crippen LogP) is 7.57. The zero-order valence-corrected chi connectivity index (χ0v) is 33.5. The highest BCUT2D eigenvalue weighted by atomic mass is 35.5. The van der Waals surface area contributed by atoms with Gasteiger partial charge in [0.25, 0.3) is 0 Å². The molecule has 0 aromatic heterocycles. The van der Waals surface area contributed by atoms with Crippen LogP contribution < -0.4 is 15.4 Å². The number of benzene rings is 3. The topological polar surface area (TPSA) is 148 Å². The Hall–Kier alpha value is -4.52. The van der Waals surface area contributed by atoms with Crippen molar-refractivity contribution in [3.63, 3.8) is 0 Å². The summed E-state index contributed by atoms with van der Waals surface area (Å²) in [5.74, 6) is -5.16. The van der Waals surface area contributed by atoms with Crippen molar-refractivity contribution < 1.29 is 46.8 Å². The van der Waals surface area contributed by atoms with Gasteiger partial charge in [0.1, 0.15) is 36.0 Å². The maximum absolute atomic E-state index is 16.0. The SMILES string of the molecule is COc1cc(C(=O)OCCOC(=O)N(C)C2COC(C)(C)O2)ccc1NC(=O)[C@@H]1N[C@@H](CC(C)(C)C)[C@](C#N)(c2ccc(Cl)cc2F)[C@H]1c1cccc(Cl)c1F. The van der Waals surface area contributed by atoms with Crippen LogP contribution >= 0.6 is 23.2 Å². The highest BCUT2D eigenvalue weighted by Gasteiger charge is 2.61. The van der Waals surface area contributed by atoms with Gasteiger partial charge in [-0.25, -0.2) is 18.4 Å². The van der Waals surface area contributed by atoms with Crippen molar-refractivity contribution in [3.05, 3.63) is 93.0 Å². The van der Waals surface area contributed by atoms with E-state index < -0.39 is 70.5 Å². The number of methoxy groups -OCH3 is 1. The van der Waals surface area contributed by atoms with Gasteiger partial charge in [0.2, 0.25) is 5.91 Å². The van der Waals surface area contributed by atoms with Crippen LogP contribution in [0, 0.1) is 28.4 Å². The van der Waals surface area contributed by atoms with Crippen molar-refractivity contribution in [2.45, 2.75) is 76.5 Å². The molecule has 2 aliphatic rings. The number of rotatable bonds is 11. The van der Waals surface area contributed by atoms with Crippen LogP contribution in [0.2, 0.25) is 10.0 Å². The van der Waals surface area contributed by atoms with Crippen LogP contribution in [0.4, 0.5) is 19.3 Å². The third kappa shape index (κ3) is 9.03. The summed E-state index contributed by atoms with van der Waals surface area (Å²) in [5.41, 5.74) is -2.19. The standard InChI is InChI=1S/C40H44Cl2F2N4O8/c1-38(2,3)19-30-40(21-45,25-13-12-23(41)18-27(25)43)32(24-9-8-10-26(42)33(24)44)34(47-30)35(49)46-28-14-11-22(17-29(28)52-7)36(50)53-15-16-54-37(51)48(6)31-20-55-39(4,5)56-31/h8-14,17-18,30-32,34,47H,15-16,19-20H2,1-7H3,(H,46,49)/t30-,31?,32-,34+,40-/m0/s1. The lowest BCUT2D eigenvalue weighted by Gasteiger charge is -2.37. The molecular formula is C40H44Cl2F2N4O8. The molecule has 5 rings (SSSR count). The summed E-state index contributed by atoms with van der Waals surface area (Å²) in [4.78, 5) is 41.0. The molecule has 300 valence electrons. The van der Waals surface area contributed by atoms with E-state index in [1.807, 2.05) is 20.8 Å². The molecule has 16 heteroatoms. The third-order valence-electron chi connectivity index (χ3n) is 9.68. The number of carbonyl (C=O) groups is 3. The van der Waals surface area contributed by atoms with E-state index in [1.54, 1.807) is 13.8 Å². The van der Waals surface area contributed by atoms with Crippen LogP contribution in [-0.4, -0.2) is 80.9 Å². The first-order valence-corrected chi connectivity index (χ1v) is 18.5. The van der Waals surface area contributed by atoms with Crippen molar-refractivity contribution >= 4 is 46.9 Å². The Morgan fingerprint density at radius 1 is 1.07 bits per heavy atom.